The Morgan fingerprint density at radius 3 is 2.41 bits per heavy atom. The lowest BCUT2D eigenvalue weighted by atomic mass is 10.1. The number of nitro benzene ring substituents is 1. The Bertz CT molecular complexity index is 983. The van der Waals surface area contributed by atoms with E-state index in [4.69, 9.17) is 0 Å². The van der Waals surface area contributed by atoms with Crippen molar-refractivity contribution in [3.63, 3.8) is 0 Å². The van der Waals surface area contributed by atoms with E-state index < -0.39 is 11.0 Å². The Morgan fingerprint density at radius 1 is 1.00 bits per heavy atom. The van der Waals surface area contributed by atoms with Gasteiger partial charge in [-0.15, -0.1) is 0 Å². The standard InChI is InChI=1S/C21H21N5O3/c27-21(20(25-11-5-10-22-25)17-6-2-1-3-7-17)24-14-12-23(13-15-24)18-8-4-9-19(16-18)26(28)29/h1-11,16,20H,12-15H2. The van der Waals surface area contributed by atoms with Gasteiger partial charge in [-0.05, 0) is 17.7 Å². The first-order valence-electron chi connectivity index (χ1n) is 9.46. The highest BCUT2D eigenvalue weighted by atomic mass is 16.6. The molecule has 1 unspecified atom stereocenters. The van der Waals surface area contributed by atoms with Gasteiger partial charge in [0.1, 0.15) is 0 Å². The molecule has 8 heteroatoms. The zero-order valence-corrected chi connectivity index (χ0v) is 15.8. The number of aromatic nitrogens is 2. The maximum Gasteiger partial charge on any atom is 0.271 e. The summed E-state index contributed by atoms with van der Waals surface area (Å²) in [6.45, 7) is 2.33. The maximum atomic E-state index is 13.3. The van der Waals surface area contributed by atoms with Gasteiger partial charge in [0.2, 0.25) is 0 Å². The normalized spacial score (nSPS) is 15.2. The molecule has 8 nitrogen and oxygen atoms in total. The first-order valence-corrected chi connectivity index (χ1v) is 9.46. The van der Waals surface area contributed by atoms with Crippen LogP contribution >= 0.6 is 0 Å². The molecule has 2 heterocycles. The maximum absolute atomic E-state index is 13.3. The van der Waals surface area contributed by atoms with E-state index in [0.717, 1.165) is 11.3 Å². The fourth-order valence-corrected chi connectivity index (χ4v) is 3.64. The fourth-order valence-electron chi connectivity index (χ4n) is 3.64. The number of anilines is 1. The molecule has 1 atom stereocenters. The van der Waals surface area contributed by atoms with Gasteiger partial charge >= 0.3 is 0 Å². The van der Waals surface area contributed by atoms with E-state index in [1.165, 1.54) is 6.07 Å². The minimum absolute atomic E-state index is 0.00130. The van der Waals surface area contributed by atoms with Crippen LogP contribution in [0.5, 0.6) is 0 Å². The van der Waals surface area contributed by atoms with Gasteiger partial charge in [0.05, 0.1) is 4.92 Å². The van der Waals surface area contributed by atoms with Crippen molar-refractivity contribution in [2.75, 3.05) is 31.1 Å². The number of non-ortho nitro benzene ring substituents is 1. The van der Waals surface area contributed by atoms with E-state index in [1.807, 2.05) is 47.4 Å². The summed E-state index contributed by atoms with van der Waals surface area (Å²) in [6, 6.07) is 17.5. The molecular weight excluding hydrogens is 370 g/mol. The largest absolute Gasteiger partial charge is 0.368 e. The van der Waals surface area contributed by atoms with Gasteiger partial charge in [-0.3, -0.25) is 19.6 Å². The zero-order valence-electron chi connectivity index (χ0n) is 15.8. The van der Waals surface area contributed by atoms with E-state index in [9.17, 15) is 14.9 Å². The van der Waals surface area contributed by atoms with Crippen LogP contribution in [0, 0.1) is 10.1 Å². The van der Waals surface area contributed by atoms with Crippen molar-refractivity contribution < 1.29 is 9.72 Å². The summed E-state index contributed by atoms with van der Waals surface area (Å²) < 4.78 is 1.69. The summed E-state index contributed by atoms with van der Waals surface area (Å²) in [5.41, 5.74) is 1.77. The van der Waals surface area contributed by atoms with Gasteiger partial charge in [0.25, 0.3) is 11.6 Å². The molecule has 1 aromatic heterocycles. The van der Waals surface area contributed by atoms with Gasteiger partial charge in [0.15, 0.2) is 6.04 Å². The first-order chi connectivity index (χ1) is 14.1. The van der Waals surface area contributed by atoms with E-state index in [0.29, 0.717) is 26.2 Å². The number of piperazine rings is 1. The number of carbonyl (C=O) groups is 1. The van der Waals surface area contributed by atoms with Crippen molar-refractivity contribution in [1.29, 1.82) is 0 Å². The van der Waals surface area contributed by atoms with Crippen molar-refractivity contribution in [2.24, 2.45) is 0 Å². The first kappa shape index (κ1) is 18.7. The predicted molar refractivity (Wildman–Crippen MR) is 109 cm³/mol. The minimum atomic E-state index is -0.504. The number of hydrogen-bond acceptors (Lipinski definition) is 5. The molecule has 2 aromatic carbocycles. The molecule has 0 spiro atoms. The summed E-state index contributed by atoms with van der Waals surface area (Å²) in [7, 11) is 0. The molecule has 1 saturated heterocycles. The van der Waals surface area contributed by atoms with Crippen molar-refractivity contribution >= 4 is 17.3 Å². The van der Waals surface area contributed by atoms with Crippen molar-refractivity contribution in [2.45, 2.75) is 6.04 Å². The molecule has 4 rings (SSSR count). The number of nitro groups is 1. The van der Waals surface area contributed by atoms with Crippen molar-refractivity contribution in [1.82, 2.24) is 14.7 Å². The van der Waals surface area contributed by atoms with Gasteiger partial charge in [-0.25, -0.2) is 0 Å². The summed E-state index contributed by atoms with van der Waals surface area (Å²) in [4.78, 5) is 27.9. The molecule has 29 heavy (non-hydrogen) atoms. The SMILES string of the molecule is O=C(C(c1ccccc1)n1cccn1)N1CCN(c2cccc([N+](=O)[O-])c2)CC1. The molecule has 1 aliphatic heterocycles. The minimum Gasteiger partial charge on any atom is -0.368 e. The number of nitrogens with zero attached hydrogens (tertiary/aromatic N) is 5. The molecule has 3 aromatic rings. The fraction of sp³-hybridized carbons (Fsp3) is 0.238. The van der Waals surface area contributed by atoms with Crippen LogP contribution in [-0.2, 0) is 4.79 Å². The van der Waals surface area contributed by atoms with Crippen molar-refractivity contribution in [3.8, 4) is 0 Å². The highest BCUT2D eigenvalue weighted by molar-refractivity contribution is 5.84. The van der Waals surface area contributed by atoms with E-state index in [1.54, 1.807) is 29.2 Å². The third-order valence-electron chi connectivity index (χ3n) is 5.14. The highest BCUT2D eigenvalue weighted by Gasteiger charge is 2.30. The molecule has 0 radical (unpaired) electrons. The molecule has 0 aliphatic carbocycles. The lowest BCUT2D eigenvalue weighted by Gasteiger charge is -2.37. The number of rotatable bonds is 5. The third-order valence-corrected chi connectivity index (χ3v) is 5.14. The molecule has 1 fully saturated rings. The van der Waals surface area contributed by atoms with Gasteiger partial charge in [-0.1, -0.05) is 36.4 Å². The van der Waals surface area contributed by atoms with Gasteiger partial charge in [-0.2, -0.15) is 5.10 Å². The molecule has 148 valence electrons. The lowest BCUT2D eigenvalue weighted by molar-refractivity contribution is -0.384. The Labute approximate surface area is 168 Å². The molecule has 0 bridgehead atoms. The second kappa shape index (κ2) is 8.14. The van der Waals surface area contributed by atoms with Crippen LogP contribution in [0.15, 0.2) is 73.1 Å². The summed E-state index contributed by atoms with van der Waals surface area (Å²) >= 11 is 0. The number of benzene rings is 2. The van der Waals surface area contributed by atoms with Crippen LogP contribution in [0.25, 0.3) is 0 Å². The Morgan fingerprint density at radius 2 is 1.76 bits per heavy atom. The molecule has 0 N–H and O–H groups in total. The highest BCUT2D eigenvalue weighted by Crippen LogP contribution is 2.24. The molecule has 1 aliphatic rings. The van der Waals surface area contributed by atoms with E-state index in [-0.39, 0.29) is 11.6 Å². The smallest absolute Gasteiger partial charge is 0.271 e. The quantitative estimate of drug-likeness (QED) is 0.493. The topological polar surface area (TPSA) is 84.5 Å². The van der Waals surface area contributed by atoms with Crippen LogP contribution < -0.4 is 4.90 Å². The molecule has 0 saturated carbocycles. The monoisotopic (exact) mass is 391 g/mol. The van der Waals surface area contributed by atoms with Crippen LogP contribution in [0.2, 0.25) is 0 Å². The number of carbonyl (C=O) groups excluding carboxylic acids is 1. The van der Waals surface area contributed by atoms with E-state index in [2.05, 4.69) is 10.00 Å². The second-order valence-corrected chi connectivity index (χ2v) is 6.89. The zero-order chi connectivity index (χ0) is 20.2. The molecular formula is C21H21N5O3. The Balaban J connectivity index is 1.49. The van der Waals surface area contributed by atoms with Crippen LogP contribution in [0.3, 0.4) is 0 Å². The van der Waals surface area contributed by atoms with Crippen LogP contribution in [-0.4, -0.2) is 51.7 Å². The second-order valence-electron chi connectivity index (χ2n) is 6.89. The van der Waals surface area contributed by atoms with Gasteiger partial charge < -0.3 is 9.80 Å². The summed E-state index contributed by atoms with van der Waals surface area (Å²) in [6.07, 6.45) is 3.47. The average Bonchev–Trinajstić information content (AvgIpc) is 3.29. The Kier molecular flexibility index (Phi) is 5.24. The predicted octanol–water partition coefficient (Wildman–Crippen LogP) is 2.73. The lowest BCUT2D eigenvalue weighted by Crippen LogP contribution is -2.50. The van der Waals surface area contributed by atoms with Crippen LogP contribution in [0.1, 0.15) is 11.6 Å². The summed E-state index contributed by atoms with van der Waals surface area (Å²) in [5.74, 6) is -0.00130. The van der Waals surface area contributed by atoms with Crippen LogP contribution in [0.4, 0.5) is 11.4 Å². The summed E-state index contributed by atoms with van der Waals surface area (Å²) in [5, 5.41) is 15.3. The number of amides is 1. The third kappa shape index (κ3) is 3.96. The average molecular weight is 391 g/mol. The van der Waals surface area contributed by atoms with E-state index >= 15 is 0 Å². The number of hydrogen-bond donors (Lipinski definition) is 0. The Hall–Kier alpha value is -3.68. The van der Waals surface area contributed by atoms with Gasteiger partial charge in [0, 0.05) is 56.4 Å². The van der Waals surface area contributed by atoms with Crippen molar-refractivity contribution in [3.05, 3.63) is 88.7 Å². The molecule has 1 amide bonds.